The van der Waals surface area contributed by atoms with Gasteiger partial charge in [-0.2, -0.15) is 0 Å². The predicted molar refractivity (Wildman–Crippen MR) is 372 cm³/mol. The summed E-state index contributed by atoms with van der Waals surface area (Å²) < 4.78 is 5.16. The molecule has 14 aliphatic rings. The Balaban J connectivity index is 0.000000249. The highest BCUT2D eigenvalue weighted by Crippen LogP contribution is 2.44. The number of aliphatic hydroxyl groups is 4. The van der Waals surface area contributed by atoms with Crippen LogP contribution >= 0.6 is 0 Å². The Morgan fingerprint density at radius 2 is 0.563 bits per heavy atom. The Morgan fingerprint density at radius 3 is 0.713 bits per heavy atom. The molecule has 8 heteroatoms. The van der Waals surface area contributed by atoms with Crippen LogP contribution in [0.1, 0.15) is 401 Å². The fourth-order valence-corrected chi connectivity index (χ4v) is 16.2. The monoisotopic (exact) mass is 1230 g/mol. The zero-order chi connectivity index (χ0) is 62.9. The minimum absolute atomic E-state index is 0.0359. The van der Waals surface area contributed by atoms with Crippen molar-refractivity contribution in [1.29, 1.82) is 0 Å². The Morgan fingerprint density at radius 1 is 0.333 bits per heavy atom. The van der Waals surface area contributed by atoms with E-state index < -0.39 is 0 Å². The van der Waals surface area contributed by atoms with Crippen LogP contribution in [0.5, 0.6) is 0 Å². The van der Waals surface area contributed by atoms with Gasteiger partial charge in [0.1, 0.15) is 11.6 Å². The summed E-state index contributed by atoms with van der Waals surface area (Å²) >= 11 is 0. The van der Waals surface area contributed by atoms with Crippen LogP contribution in [-0.2, 0) is 14.3 Å². The average molecular weight is 1230 g/mol. The minimum Gasteiger partial charge on any atom is -0.393 e. The lowest BCUT2D eigenvalue weighted by atomic mass is 9.80. The second-order valence-electron chi connectivity index (χ2n) is 31.1. The molecule has 14 fully saturated rings. The Hall–Kier alpha value is -0.900. The molecule has 14 rings (SSSR count). The third kappa shape index (κ3) is 42.9. The molecule has 0 atom stereocenters. The molecule has 2 aliphatic heterocycles. The Labute approximate surface area is 540 Å². The molecule has 5 N–H and O–H groups in total. The third-order valence-electron chi connectivity index (χ3n) is 22.5. The summed E-state index contributed by atoms with van der Waals surface area (Å²) in [6, 6.07) is 0. The predicted octanol–water partition coefficient (Wildman–Crippen LogP) is 21.6. The van der Waals surface area contributed by atoms with Crippen molar-refractivity contribution in [2.75, 3.05) is 26.3 Å². The van der Waals surface area contributed by atoms with Gasteiger partial charge in [-0.1, -0.05) is 297 Å². The number of carbonyl (C=O) groups excluding carboxylic acids is 2. The molecule has 12 aliphatic carbocycles. The summed E-state index contributed by atoms with van der Waals surface area (Å²) in [5.74, 6) is 5.43. The van der Waals surface area contributed by atoms with Gasteiger partial charge in [0.15, 0.2) is 0 Å². The van der Waals surface area contributed by atoms with E-state index >= 15 is 0 Å². The van der Waals surface area contributed by atoms with E-state index in [2.05, 4.69) is 26.1 Å². The van der Waals surface area contributed by atoms with Crippen LogP contribution in [0.4, 0.5) is 0 Å². The summed E-state index contributed by atoms with van der Waals surface area (Å²) in [7, 11) is 0. The number of Topliss-reactive ketones (excluding diaryl/α,β-unsaturated/α-hetero) is 2. The maximum atomic E-state index is 10.6. The molecule has 0 aromatic heterocycles. The number of hydrogen-bond donors (Lipinski definition) is 5. The van der Waals surface area contributed by atoms with Crippen LogP contribution in [0.2, 0.25) is 0 Å². The maximum absolute atomic E-state index is 10.6. The number of aliphatic hydroxyl groups excluding tert-OH is 4. The third-order valence-corrected chi connectivity index (χ3v) is 22.5. The quantitative estimate of drug-likeness (QED) is 0.177. The minimum atomic E-state index is 0.0359. The molecule has 87 heavy (non-hydrogen) atoms. The van der Waals surface area contributed by atoms with Crippen LogP contribution < -0.4 is 5.32 Å². The Bertz CT molecular complexity index is 1370. The number of hydrogen-bond acceptors (Lipinski definition) is 8. The molecule has 0 radical (unpaired) electrons. The van der Waals surface area contributed by atoms with Gasteiger partial charge in [-0.3, -0.25) is 0 Å². The second-order valence-corrected chi connectivity index (χ2v) is 31.1. The fraction of sp³-hybridized carbons (Fsp3) is 0.975. The molecule has 514 valence electrons. The van der Waals surface area contributed by atoms with E-state index in [0.29, 0.717) is 17.0 Å². The molecule has 0 unspecified atom stereocenters. The molecule has 8 nitrogen and oxygen atoms in total. The van der Waals surface area contributed by atoms with Crippen molar-refractivity contribution in [2.24, 2.45) is 40.4 Å². The number of nitrogens with one attached hydrogen (secondary N) is 1. The standard InChI is InChI=1S/2C8H14O.C7H13N.C7H12O.3C7H14.2C6H12O.C6H12.2C5H10O/c2*1-7(9)6-8-4-2-3-5-8;2*1-2-4-7(3-1)5-8-6-7;1-7-5-3-2-4-6-7;2*1-2-7-5-3-4-6-7;2*7-6-4-2-1-3-5-6;1-2-4-6-5-3-1;2*6-5-3-1-2-4-5/h2*8H,2-6H2,1H3;8H,1-6H2;1-6H2;3*7H,2-6H2,1H3;2*6-7H,1-5H2;1-6H2;2*5-6H,1-4H2. The number of ether oxygens (including phenoxy) is 1. The molecule has 0 bridgehead atoms. The van der Waals surface area contributed by atoms with E-state index in [0.717, 1.165) is 112 Å². The lowest BCUT2D eigenvalue weighted by Gasteiger charge is -2.39. The van der Waals surface area contributed by atoms with Crippen LogP contribution in [0.25, 0.3) is 0 Å². The summed E-state index contributed by atoms with van der Waals surface area (Å²) in [5, 5.41) is 38.6. The number of carbonyl (C=O) groups is 2. The highest BCUT2D eigenvalue weighted by molar-refractivity contribution is 5.76. The molecule has 2 saturated heterocycles. The van der Waals surface area contributed by atoms with Crippen LogP contribution in [-0.4, -0.2) is 82.7 Å². The first-order valence-corrected chi connectivity index (χ1v) is 39.2. The zero-order valence-electron chi connectivity index (χ0n) is 58.8. The van der Waals surface area contributed by atoms with Gasteiger partial charge in [0.25, 0.3) is 0 Å². The molecule has 0 aromatic carbocycles. The number of ketones is 2. The van der Waals surface area contributed by atoms with Gasteiger partial charge < -0.3 is 40.1 Å². The van der Waals surface area contributed by atoms with Crippen molar-refractivity contribution < 1.29 is 34.8 Å². The lowest BCUT2D eigenvalue weighted by molar-refractivity contribution is -0.118. The van der Waals surface area contributed by atoms with Crippen molar-refractivity contribution in [2.45, 2.75) is 425 Å². The van der Waals surface area contributed by atoms with Gasteiger partial charge in [-0.15, -0.1) is 0 Å². The van der Waals surface area contributed by atoms with Crippen molar-refractivity contribution in [3.8, 4) is 0 Å². The van der Waals surface area contributed by atoms with Crippen LogP contribution in [0.15, 0.2) is 0 Å². The van der Waals surface area contributed by atoms with Gasteiger partial charge in [0.05, 0.1) is 37.6 Å². The Kier molecular flexibility index (Phi) is 48.5. The van der Waals surface area contributed by atoms with Crippen molar-refractivity contribution in [3.63, 3.8) is 0 Å². The van der Waals surface area contributed by atoms with Crippen molar-refractivity contribution >= 4 is 11.6 Å². The molecule has 0 amide bonds. The first kappa shape index (κ1) is 80.3. The maximum Gasteiger partial charge on any atom is 0.130 e. The van der Waals surface area contributed by atoms with E-state index in [1.54, 1.807) is 13.8 Å². The van der Waals surface area contributed by atoms with Crippen LogP contribution in [0.3, 0.4) is 0 Å². The molecule has 2 spiro atoms. The van der Waals surface area contributed by atoms with Gasteiger partial charge in [0, 0.05) is 31.3 Å². The van der Waals surface area contributed by atoms with Crippen molar-refractivity contribution in [1.82, 2.24) is 5.32 Å². The summed E-state index contributed by atoms with van der Waals surface area (Å²) in [4.78, 5) is 21.2. The smallest absolute Gasteiger partial charge is 0.130 e. The topological polar surface area (TPSA) is 136 Å². The van der Waals surface area contributed by atoms with Gasteiger partial charge in [-0.25, -0.2) is 0 Å². The highest BCUT2D eigenvalue weighted by Gasteiger charge is 2.41. The summed E-state index contributed by atoms with van der Waals surface area (Å²) in [6.07, 6.45) is 76.3. The van der Waals surface area contributed by atoms with Crippen LogP contribution in [0, 0.1) is 40.4 Å². The number of rotatable bonds is 6. The molecule has 0 aromatic rings. The van der Waals surface area contributed by atoms with E-state index in [1.165, 1.54) is 315 Å². The van der Waals surface area contributed by atoms with Gasteiger partial charge >= 0.3 is 0 Å². The van der Waals surface area contributed by atoms with Crippen molar-refractivity contribution in [3.05, 3.63) is 0 Å². The highest BCUT2D eigenvalue weighted by atomic mass is 16.5. The fourth-order valence-electron chi connectivity index (χ4n) is 16.2. The van der Waals surface area contributed by atoms with Gasteiger partial charge in [-0.05, 0) is 126 Å². The SMILES string of the molecule is C1CCC2(C1)CNC2.C1CCC2(C1)COC2.C1CCCCC1.CC(=O)CC1CCCC1.CC(=O)CC1CCCC1.CC1CCCCC1.CCC1CCCC1.CCC1CCCC1.OC1CCCC1.OC1CCCC1.OC1CCCCC1.OC1CCCCC1. The first-order valence-electron chi connectivity index (χ1n) is 39.2. The molecular weight excluding hydrogens is 1070 g/mol. The normalized spacial score (nSPS) is 25.4. The second kappa shape index (κ2) is 52.5. The van der Waals surface area contributed by atoms with E-state index in [4.69, 9.17) is 25.2 Å². The summed E-state index contributed by atoms with van der Waals surface area (Å²) in [5.41, 5.74) is 1.50. The largest absolute Gasteiger partial charge is 0.393 e. The molecule has 12 saturated carbocycles. The molecule has 2 heterocycles. The summed E-state index contributed by atoms with van der Waals surface area (Å²) in [6.45, 7) is 15.1. The van der Waals surface area contributed by atoms with E-state index in [-0.39, 0.29) is 24.4 Å². The first-order chi connectivity index (χ1) is 42.2. The van der Waals surface area contributed by atoms with E-state index in [1.807, 2.05) is 0 Å². The van der Waals surface area contributed by atoms with Gasteiger partial charge in [0.2, 0.25) is 0 Å². The molecular formula is C79H151NO7. The lowest BCUT2D eigenvalue weighted by Crippen LogP contribution is -2.51. The zero-order valence-corrected chi connectivity index (χ0v) is 58.8. The van der Waals surface area contributed by atoms with E-state index in [9.17, 15) is 9.59 Å². The average Bonchev–Trinajstić information content (AvgIpc) is 4.17.